The van der Waals surface area contributed by atoms with Crippen molar-refractivity contribution in [1.29, 1.82) is 0 Å². The van der Waals surface area contributed by atoms with E-state index in [1.165, 1.54) is 4.90 Å². The van der Waals surface area contributed by atoms with Gasteiger partial charge in [-0.25, -0.2) is 0 Å². The molecule has 0 saturated carbocycles. The maximum atomic E-state index is 11.9. The molecule has 2 amide bonds. The minimum absolute atomic E-state index is 0.0224. The van der Waals surface area contributed by atoms with E-state index in [1.54, 1.807) is 7.05 Å². The van der Waals surface area contributed by atoms with Gasteiger partial charge in [0.1, 0.15) is 6.04 Å². The highest BCUT2D eigenvalue weighted by Gasteiger charge is 2.31. The summed E-state index contributed by atoms with van der Waals surface area (Å²) in [5.74, 6) is -0.726. The predicted molar refractivity (Wildman–Crippen MR) is 63.4 cm³/mol. The highest BCUT2D eigenvalue weighted by atomic mass is 16.2. The first-order valence-corrected chi connectivity index (χ1v) is 5.51. The monoisotopic (exact) mass is 229 g/mol. The average molecular weight is 229 g/mol. The van der Waals surface area contributed by atoms with Crippen LogP contribution in [-0.4, -0.2) is 35.8 Å². The number of hydrogen-bond donors (Lipinski definition) is 2. The van der Waals surface area contributed by atoms with Crippen molar-refractivity contribution in [2.24, 2.45) is 23.3 Å². The van der Waals surface area contributed by atoms with E-state index >= 15 is 0 Å². The fourth-order valence-electron chi connectivity index (χ4n) is 1.62. The Balaban J connectivity index is 4.81. The zero-order valence-corrected chi connectivity index (χ0v) is 10.7. The molecular formula is C11H23N3O2. The van der Waals surface area contributed by atoms with Gasteiger partial charge in [0.15, 0.2) is 0 Å². The molecule has 0 aliphatic rings. The van der Waals surface area contributed by atoms with E-state index in [-0.39, 0.29) is 17.7 Å². The third-order valence-corrected chi connectivity index (χ3v) is 2.69. The molecule has 0 aromatic heterocycles. The van der Waals surface area contributed by atoms with Crippen LogP contribution in [0.5, 0.6) is 0 Å². The fourth-order valence-corrected chi connectivity index (χ4v) is 1.62. The number of primary amides is 1. The van der Waals surface area contributed by atoms with Crippen molar-refractivity contribution >= 4 is 11.8 Å². The van der Waals surface area contributed by atoms with Crippen molar-refractivity contribution in [3.8, 4) is 0 Å². The first kappa shape index (κ1) is 14.9. The summed E-state index contributed by atoms with van der Waals surface area (Å²) in [6, 6.07) is -1.19. The maximum Gasteiger partial charge on any atom is 0.240 e. The van der Waals surface area contributed by atoms with E-state index in [9.17, 15) is 9.59 Å². The van der Waals surface area contributed by atoms with Gasteiger partial charge in [-0.15, -0.1) is 0 Å². The second-order valence-electron chi connectivity index (χ2n) is 4.81. The number of likely N-dealkylation sites (N-methyl/N-ethyl adjacent to an activating group) is 1. The van der Waals surface area contributed by atoms with Crippen molar-refractivity contribution in [3.05, 3.63) is 0 Å². The maximum absolute atomic E-state index is 11.9. The minimum atomic E-state index is -0.600. The van der Waals surface area contributed by atoms with Crippen LogP contribution < -0.4 is 11.5 Å². The fraction of sp³-hybridized carbons (Fsp3) is 0.818. The Morgan fingerprint density at radius 3 is 1.75 bits per heavy atom. The Morgan fingerprint density at radius 2 is 1.50 bits per heavy atom. The normalized spacial score (nSPS) is 15.0. The Hall–Kier alpha value is -1.10. The number of nitrogens with two attached hydrogens (primary N) is 2. The van der Waals surface area contributed by atoms with Crippen LogP contribution in [0.3, 0.4) is 0 Å². The molecule has 5 nitrogen and oxygen atoms in total. The second kappa shape index (κ2) is 5.84. The molecule has 2 atom stereocenters. The molecule has 16 heavy (non-hydrogen) atoms. The zero-order chi connectivity index (χ0) is 13.0. The van der Waals surface area contributed by atoms with Gasteiger partial charge in [0.05, 0.1) is 6.04 Å². The van der Waals surface area contributed by atoms with Crippen LogP contribution in [-0.2, 0) is 9.59 Å². The summed E-state index contributed by atoms with van der Waals surface area (Å²) in [4.78, 5) is 24.6. The van der Waals surface area contributed by atoms with Gasteiger partial charge in [-0.2, -0.15) is 0 Å². The number of amides is 2. The summed E-state index contributed by atoms with van der Waals surface area (Å²) in [7, 11) is 1.57. The van der Waals surface area contributed by atoms with Gasteiger partial charge < -0.3 is 16.4 Å². The molecule has 0 fully saturated rings. The summed E-state index contributed by atoms with van der Waals surface area (Å²) in [6.45, 7) is 7.43. The van der Waals surface area contributed by atoms with Crippen LogP contribution in [0, 0.1) is 11.8 Å². The van der Waals surface area contributed by atoms with Crippen LogP contribution in [0.15, 0.2) is 0 Å². The predicted octanol–water partition coefficient (Wildman–Crippen LogP) is -0.0620. The van der Waals surface area contributed by atoms with Crippen LogP contribution in [0.1, 0.15) is 27.7 Å². The third-order valence-electron chi connectivity index (χ3n) is 2.69. The molecule has 0 unspecified atom stereocenters. The number of carbonyl (C=O) groups excluding carboxylic acids is 2. The van der Waals surface area contributed by atoms with E-state index in [0.29, 0.717) is 0 Å². The van der Waals surface area contributed by atoms with Gasteiger partial charge in [-0.3, -0.25) is 9.59 Å². The molecule has 0 aliphatic carbocycles. The Labute approximate surface area is 97.2 Å². The number of carbonyl (C=O) groups is 2. The lowest BCUT2D eigenvalue weighted by Gasteiger charge is -2.31. The average Bonchev–Trinajstić information content (AvgIpc) is 2.13. The largest absolute Gasteiger partial charge is 0.368 e. The summed E-state index contributed by atoms with van der Waals surface area (Å²) < 4.78 is 0. The molecular weight excluding hydrogens is 206 g/mol. The van der Waals surface area contributed by atoms with Crippen LogP contribution in [0.4, 0.5) is 0 Å². The highest BCUT2D eigenvalue weighted by molar-refractivity contribution is 5.89. The van der Waals surface area contributed by atoms with Gasteiger partial charge in [-0.1, -0.05) is 27.7 Å². The topological polar surface area (TPSA) is 89.4 Å². The smallest absolute Gasteiger partial charge is 0.240 e. The summed E-state index contributed by atoms with van der Waals surface area (Å²) in [6.07, 6.45) is 0. The van der Waals surface area contributed by atoms with Crippen molar-refractivity contribution in [3.63, 3.8) is 0 Å². The Kier molecular flexibility index (Phi) is 5.44. The van der Waals surface area contributed by atoms with Crippen LogP contribution in [0.2, 0.25) is 0 Å². The second-order valence-corrected chi connectivity index (χ2v) is 4.81. The number of hydrogen-bond acceptors (Lipinski definition) is 3. The molecule has 0 bridgehead atoms. The molecule has 0 heterocycles. The molecule has 5 heteroatoms. The van der Waals surface area contributed by atoms with Gasteiger partial charge in [0.25, 0.3) is 0 Å². The molecule has 0 rings (SSSR count). The van der Waals surface area contributed by atoms with Crippen molar-refractivity contribution in [2.45, 2.75) is 39.8 Å². The molecule has 0 spiro atoms. The number of rotatable bonds is 5. The SMILES string of the molecule is CC(C)[C@H](N)C(=O)N(C)[C@H](C(N)=O)C(C)C. The third kappa shape index (κ3) is 3.48. The van der Waals surface area contributed by atoms with Crippen molar-refractivity contribution in [1.82, 2.24) is 4.90 Å². The molecule has 94 valence electrons. The van der Waals surface area contributed by atoms with Crippen molar-refractivity contribution in [2.75, 3.05) is 7.05 Å². The van der Waals surface area contributed by atoms with Crippen molar-refractivity contribution < 1.29 is 9.59 Å². The molecule has 0 saturated heterocycles. The first-order valence-electron chi connectivity index (χ1n) is 5.51. The lowest BCUT2D eigenvalue weighted by molar-refractivity contribution is -0.141. The lowest BCUT2D eigenvalue weighted by Crippen LogP contribution is -2.54. The molecule has 0 radical (unpaired) electrons. The van der Waals surface area contributed by atoms with E-state index < -0.39 is 18.0 Å². The van der Waals surface area contributed by atoms with Gasteiger partial charge in [-0.05, 0) is 11.8 Å². The summed E-state index contributed by atoms with van der Waals surface area (Å²) in [5.41, 5.74) is 11.0. The molecule has 4 N–H and O–H groups in total. The summed E-state index contributed by atoms with van der Waals surface area (Å²) >= 11 is 0. The molecule has 0 aromatic carbocycles. The van der Waals surface area contributed by atoms with Crippen LogP contribution in [0.25, 0.3) is 0 Å². The van der Waals surface area contributed by atoms with Gasteiger partial charge in [0.2, 0.25) is 11.8 Å². The quantitative estimate of drug-likeness (QED) is 0.692. The van der Waals surface area contributed by atoms with E-state index in [1.807, 2.05) is 27.7 Å². The van der Waals surface area contributed by atoms with Gasteiger partial charge in [0, 0.05) is 7.05 Å². The summed E-state index contributed by atoms with van der Waals surface area (Å²) in [5, 5.41) is 0. The van der Waals surface area contributed by atoms with Gasteiger partial charge >= 0.3 is 0 Å². The molecule has 0 aliphatic heterocycles. The van der Waals surface area contributed by atoms with E-state index in [4.69, 9.17) is 11.5 Å². The number of nitrogens with zero attached hydrogens (tertiary/aromatic N) is 1. The minimum Gasteiger partial charge on any atom is -0.368 e. The Morgan fingerprint density at radius 1 is 1.06 bits per heavy atom. The van der Waals surface area contributed by atoms with Crippen LogP contribution >= 0.6 is 0 Å². The lowest BCUT2D eigenvalue weighted by atomic mass is 9.99. The Bertz CT molecular complexity index is 264. The van der Waals surface area contributed by atoms with E-state index in [2.05, 4.69) is 0 Å². The zero-order valence-electron chi connectivity index (χ0n) is 10.7. The standard InChI is InChI=1S/C11H23N3O2/c1-6(2)8(12)11(16)14(5)9(7(3)4)10(13)15/h6-9H,12H2,1-5H3,(H2,13,15)/t8-,9-/m0/s1. The highest BCUT2D eigenvalue weighted by Crippen LogP contribution is 2.12. The molecule has 0 aromatic rings. The van der Waals surface area contributed by atoms with E-state index in [0.717, 1.165) is 0 Å². The first-order chi connectivity index (χ1) is 7.20.